The van der Waals surface area contributed by atoms with Crippen molar-refractivity contribution in [1.82, 2.24) is 5.32 Å². The number of hydrogen-bond donors (Lipinski definition) is 1. The molecular formula is C9H17N. The molecular weight excluding hydrogens is 122 g/mol. The van der Waals surface area contributed by atoms with Crippen molar-refractivity contribution < 1.29 is 0 Å². The van der Waals surface area contributed by atoms with Gasteiger partial charge in [0.1, 0.15) is 0 Å². The van der Waals surface area contributed by atoms with Gasteiger partial charge in [0.05, 0.1) is 0 Å². The summed E-state index contributed by atoms with van der Waals surface area (Å²) in [5, 5.41) is 3.23. The zero-order chi connectivity index (χ0) is 8.15. The lowest BCUT2D eigenvalue weighted by atomic mass is 10.2. The molecule has 0 bridgehead atoms. The van der Waals surface area contributed by atoms with Crippen LogP contribution in [0.25, 0.3) is 0 Å². The Kier molecular flexibility index (Phi) is 3.85. The molecule has 58 valence electrons. The molecule has 0 aliphatic carbocycles. The SMILES string of the molecule is C=C(CC)NC(C)C(=C)C. The highest BCUT2D eigenvalue weighted by atomic mass is 14.9. The summed E-state index contributed by atoms with van der Waals surface area (Å²) >= 11 is 0. The Bertz CT molecular complexity index is 136. The standard InChI is InChI=1S/C9H17N/c1-6-8(4)10-9(5)7(2)3/h9-10H,2,4,6H2,1,3,5H3. The van der Waals surface area contributed by atoms with Crippen molar-refractivity contribution in [2.75, 3.05) is 0 Å². The average Bonchev–Trinajstić information content (AvgIpc) is 1.87. The fourth-order valence-corrected chi connectivity index (χ4v) is 0.531. The molecule has 1 unspecified atom stereocenters. The summed E-state index contributed by atoms with van der Waals surface area (Å²) in [5.74, 6) is 0. The summed E-state index contributed by atoms with van der Waals surface area (Å²) in [6, 6.07) is 0.354. The van der Waals surface area contributed by atoms with Crippen LogP contribution < -0.4 is 5.32 Å². The third kappa shape index (κ3) is 3.33. The van der Waals surface area contributed by atoms with Crippen molar-refractivity contribution >= 4 is 0 Å². The zero-order valence-electron chi connectivity index (χ0n) is 7.20. The van der Waals surface area contributed by atoms with Crippen LogP contribution in [0, 0.1) is 0 Å². The van der Waals surface area contributed by atoms with Crippen LogP contribution in [0.4, 0.5) is 0 Å². The molecule has 0 saturated carbocycles. The molecule has 0 heterocycles. The highest BCUT2D eigenvalue weighted by Crippen LogP contribution is 2.00. The van der Waals surface area contributed by atoms with Crippen molar-refractivity contribution in [3.05, 3.63) is 24.4 Å². The summed E-state index contributed by atoms with van der Waals surface area (Å²) in [7, 11) is 0. The Morgan fingerprint density at radius 2 is 2.00 bits per heavy atom. The molecule has 0 aliphatic heterocycles. The molecule has 0 aromatic carbocycles. The molecule has 0 rings (SSSR count). The van der Waals surface area contributed by atoms with Gasteiger partial charge < -0.3 is 5.32 Å². The molecule has 0 fully saturated rings. The molecule has 1 atom stereocenters. The fourth-order valence-electron chi connectivity index (χ4n) is 0.531. The van der Waals surface area contributed by atoms with E-state index in [1.54, 1.807) is 0 Å². The van der Waals surface area contributed by atoms with Crippen LogP contribution in [0.2, 0.25) is 0 Å². The van der Waals surface area contributed by atoms with E-state index in [0.717, 1.165) is 17.7 Å². The van der Waals surface area contributed by atoms with Crippen LogP contribution in [0.1, 0.15) is 27.2 Å². The fraction of sp³-hybridized carbons (Fsp3) is 0.556. The largest absolute Gasteiger partial charge is 0.383 e. The topological polar surface area (TPSA) is 12.0 Å². The first kappa shape index (κ1) is 9.28. The van der Waals surface area contributed by atoms with Gasteiger partial charge >= 0.3 is 0 Å². The monoisotopic (exact) mass is 139 g/mol. The van der Waals surface area contributed by atoms with Gasteiger partial charge in [-0.1, -0.05) is 25.7 Å². The van der Waals surface area contributed by atoms with Gasteiger partial charge in [0.2, 0.25) is 0 Å². The van der Waals surface area contributed by atoms with Crippen LogP contribution in [0.15, 0.2) is 24.4 Å². The molecule has 10 heavy (non-hydrogen) atoms. The van der Waals surface area contributed by atoms with E-state index in [-0.39, 0.29) is 0 Å². The highest BCUT2D eigenvalue weighted by Gasteiger charge is 1.99. The lowest BCUT2D eigenvalue weighted by molar-refractivity contribution is 0.676. The van der Waals surface area contributed by atoms with Gasteiger partial charge in [-0.15, -0.1) is 0 Å². The molecule has 0 aromatic rings. The summed E-state index contributed by atoms with van der Waals surface area (Å²) in [6.45, 7) is 13.9. The van der Waals surface area contributed by atoms with E-state index in [4.69, 9.17) is 0 Å². The predicted octanol–water partition coefficient (Wildman–Crippen LogP) is 2.46. The molecule has 0 amide bonds. The second-order valence-corrected chi connectivity index (χ2v) is 2.67. The molecule has 0 aliphatic rings. The molecule has 0 saturated heterocycles. The number of allylic oxidation sites excluding steroid dienone is 1. The maximum Gasteiger partial charge on any atom is 0.0436 e. The van der Waals surface area contributed by atoms with E-state index in [0.29, 0.717) is 6.04 Å². The van der Waals surface area contributed by atoms with E-state index in [9.17, 15) is 0 Å². The molecule has 0 spiro atoms. The van der Waals surface area contributed by atoms with Gasteiger partial charge in [0.15, 0.2) is 0 Å². The second kappa shape index (κ2) is 4.15. The average molecular weight is 139 g/mol. The van der Waals surface area contributed by atoms with E-state index >= 15 is 0 Å². The minimum absolute atomic E-state index is 0.354. The van der Waals surface area contributed by atoms with Crippen molar-refractivity contribution in [2.45, 2.75) is 33.2 Å². The van der Waals surface area contributed by atoms with Gasteiger partial charge in [0.25, 0.3) is 0 Å². The van der Waals surface area contributed by atoms with E-state index in [2.05, 4.69) is 32.3 Å². The molecule has 1 nitrogen and oxygen atoms in total. The summed E-state index contributed by atoms with van der Waals surface area (Å²) in [4.78, 5) is 0. The first-order valence-electron chi connectivity index (χ1n) is 3.67. The normalized spacial score (nSPS) is 12.3. The molecule has 0 aromatic heterocycles. The van der Waals surface area contributed by atoms with E-state index in [1.165, 1.54) is 0 Å². The van der Waals surface area contributed by atoms with Gasteiger partial charge in [-0.3, -0.25) is 0 Å². The zero-order valence-corrected chi connectivity index (χ0v) is 7.20. The lowest BCUT2D eigenvalue weighted by Crippen LogP contribution is -2.25. The van der Waals surface area contributed by atoms with Crippen LogP contribution in [-0.4, -0.2) is 6.04 Å². The van der Waals surface area contributed by atoms with Crippen LogP contribution >= 0.6 is 0 Å². The van der Waals surface area contributed by atoms with Crippen LogP contribution in [0.5, 0.6) is 0 Å². The first-order chi connectivity index (χ1) is 4.57. The first-order valence-corrected chi connectivity index (χ1v) is 3.67. The summed E-state index contributed by atoms with van der Waals surface area (Å²) < 4.78 is 0. The minimum atomic E-state index is 0.354. The van der Waals surface area contributed by atoms with Crippen molar-refractivity contribution in [2.24, 2.45) is 0 Å². The Morgan fingerprint density at radius 1 is 1.50 bits per heavy atom. The maximum absolute atomic E-state index is 3.84. The predicted molar refractivity (Wildman–Crippen MR) is 46.8 cm³/mol. The third-order valence-corrected chi connectivity index (χ3v) is 1.59. The molecule has 0 radical (unpaired) electrons. The minimum Gasteiger partial charge on any atom is -0.383 e. The van der Waals surface area contributed by atoms with Crippen molar-refractivity contribution in [1.29, 1.82) is 0 Å². The highest BCUT2D eigenvalue weighted by molar-refractivity contribution is 5.04. The number of hydrogen-bond acceptors (Lipinski definition) is 1. The van der Waals surface area contributed by atoms with Crippen LogP contribution in [0.3, 0.4) is 0 Å². The summed E-state index contributed by atoms with van der Waals surface area (Å²) in [5.41, 5.74) is 2.23. The van der Waals surface area contributed by atoms with Crippen molar-refractivity contribution in [3.8, 4) is 0 Å². The Morgan fingerprint density at radius 3 is 2.30 bits per heavy atom. The number of nitrogens with one attached hydrogen (secondary N) is 1. The van der Waals surface area contributed by atoms with Gasteiger partial charge in [-0.25, -0.2) is 0 Å². The van der Waals surface area contributed by atoms with Gasteiger partial charge in [-0.2, -0.15) is 0 Å². The second-order valence-electron chi connectivity index (χ2n) is 2.67. The Balaban J connectivity index is 3.68. The van der Waals surface area contributed by atoms with Gasteiger partial charge in [0, 0.05) is 11.7 Å². The van der Waals surface area contributed by atoms with E-state index in [1.807, 2.05) is 6.92 Å². The number of rotatable bonds is 4. The Hall–Kier alpha value is -0.720. The lowest BCUT2D eigenvalue weighted by Gasteiger charge is -2.15. The Labute approximate surface area is 63.8 Å². The quantitative estimate of drug-likeness (QED) is 0.590. The van der Waals surface area contributed by atoms with Crippen LogP contribution in [-0.2, 0) is 0 Å². The molecule has 1 heteroatoms. The molecule has 1 N–H and O–H groups in total. The smallest absolute Gasteiger partial charge is 0.0436 e. The van der Waals surface area contributed by atoms with E-state index < -0.39 is 0 Å². The summed E-state index contributed by atoms with van der Waals surface area (Å²) in [6.07, 6.45) is 0.984. The van der Waals surface area contributed by atoms with Gasteiger partial charge in [-0.05, 0) is 20.3 Å². The third-order valence-electron chi connectivity index (χ3n) is 1.59. The van der Waals surface area contributed by atoms with Crippen molar-refractivity contribution in [3.63, 3.8) is 0 Å². The maximum atomic E-state index is 3.84.